The molecule has 0 bridgehead atoms. The highest BCUT2D eigenvalue weighted by Crippen LogP contribution is 2.54. The summed E-state index contributed by atoms with van der Waals surface area (Å²) in [6, 6.07) is 1.30. The van der Waals surface area contributed by atoms with Crippen LogP contribution in [-0.4, -0.2) is 36.0 Å². The molecule has 0 aromatic rings. The van der Waals surface area contributed by atoms with Gasteiger partial charge in [0.1, 0.15) is 0 Å². The summed E-state index contributed by atoms with van der Waals surface area (Å²) in [6.07, 6.45) is 7.69. The summed E-state index contributed by atoms with van der Waals surface area (Å²) in [5, 5.41) is 3.29. The zero-order valence-electron chi connectivity index (χ0n) is 10.4. The summed E-state index contributed by atoms with van der Waals surface area (Å²) in [5.74, 6) is 2.54. The van der Waals surface area contributed by atoms with Crippen LogP contribution in [0.2, 0.25) is 0 Å². The number of fused-ring (bicyclic) bond motifs is 1. The van der Waals surface area contributed by atoms with Crippen LogP contribution in [-0.2, 0) is 4.79 Å². The second-order valence-corrected chi connectivity index (χ2v) is 6.64. The smallest absolute Gasteiger partial charge is 0.223 e. The Morgan fingerprint density at radius 1 is 1.06 bits per heavy atom. The van der Waals surface area contributed by atoms with Gasteiger partial charge < -0.3 is 5.32 Å². The number of nitrogens with one attached hydrogen (secondary N) is 1. The van der Waals surface area contributed by atoms with Crippen molar-refractivity contribution in [3.05, 3.63) is 0 Å². The normalized spacial score (nSPS) is 44.7. The van der Waals surface area contributed by atoms with Crippen LogP contribution in [0.5, 0.6) is 0 Å². The molecular weight excluding hydrogens is 212 g/mol. The Morgan fingerprint density at radius 2 is 1.82 bits per heavy atom. The van der Waals surface area contributed by atoms with E-state index in [1.165, 1.54) is 45.1 Å². The number of rotatable bonds is 3. The summed E-state index contributed by atoms with van der Waals surface area (Å²) in [4.78, 5) is 14.7. The van der Waals surface area contributed by atoms with Gasteiger partial charge in [0, 0.05) is 31.1 Å². The van der Waals surface area contributed by atoms with Crippen molar-refractivity contribution in [2.45, 2.75) is 50.6 Å². The van der Waals surface area contributed by atoms with E-state index in [2.05, 4.69) is 10.2 Å². The first-order chi connectivity index (χ1) is 8.29. The number of likely N-dealkylation sites (tertiary alicyclic amines) is 1. The molecule has 3 unspecified atom stereocenters. The highest BCUT2D eigenvalue weighted by atomic mass is 16.2. The van der Waals surface area contributed by atoms with Gasteiger partial charge in [-0.2, -0.15) is 0 Å². The lowest BCUT2D eigenvalue weighted by atomic mass is 10.0. The van der Waals surface area contributed by atoms with Crippen molar-refractivity contribution >= 4 is 5.91 Å². The van der Waals surface area contributed by atoms with Crippen LogP contribution in [0.3, 0.4) is 0 Å². The van der Waals surface area contributed by atoms with Crippen LogP contribution in [0.15, 0.2) is 0 Å². The Bertz CT molecular complexity index is 329. The third-order valence-electron chi connectivity index (χ3n) is 5.24. The number of amides is 1. The maximum absolute atomic E-state index is 12.1. The first-order valence-electron chi connectivity index (χ1n) is 7.34. The largest absolute Gasteiger partial charge is 0.352 e. The van der Waals surface area contributed by atoms with E-state index in [9.17, 15) is 4.79 Å². The summed E-state index contributed by atoms with van der Waals surface area (Å²) in [7, 11) is 0. The Balaban J connectivity index is 1.27. The first-order valence-corrected chi connectivity index (χ1v) is 7.34. The van der Waals surface area contributed by atoms with E-state index in [0.29, 0.717) is 17.9 Å². The molecule has 1 heterocycles. The molecule has 4 fully saturated rings. The van der Waals surface area contributed by atoms with Crippen molar-refractivity contribution in [1.29, 1.82) is 0 Å². The van der Waals surface area contributed by atoms with E-state index >= 15 is 0 Å². The van der Waals surface area contributed by atoms with E-state index in [1.54, 1.807) is 0 Å². The van der Waals surface area contributed by atoms with Gasteiger partial charge in [0.25, 0.3) is 0 Å². The van der Waals surface area contributed by atoms with E-state index in [1.807, 2.05) is 0 Å². The molecule has 0 aromatic carbocycles. The SMILES string of the molecule is O=C(NC1CCN(C2CC2)C1)C1CC2CC2C1. The highest BCUT2D eigenvalue weighted by molar-refractivity contribution is 5.79. The minimum Gasteiger partial charge on any atom is -0.352 e. The van der Waals surface area contributed by atoms with Gasteiger partial charge in [-0.3, -0.25) is 9.69 Å². The molecule has 3 saturated carbocycles. The molecule has 94 valence electrons. The number of hydrogen-bond acceptors (Lipinski definition) is 2. The number of carbonyl (C=O) groups is 1. The average Bonchev–Trinajstić information content (AvgIpc) is 3.23. The second kappa shape index (κ2) is 3.71. The summed E-state index contributed by atoms with van der Waals surface area (Å²) >= 11 is 0. The zero-order chi connectivity index (χ0) is 11.4. The van der Waals surface area contributed by atoms with Gasteiger partial charge in [-0.1, -0.05) is 0 Å². The monoisotopic (exact) mass is 234 g/mol. The summed E-state index contributed by atoms with van der Waals surface area (Å²) < 4.78 is 0. The maximum atomic E-state index is 12.1. The summed E-state index contributed by atoms with van der Waals surface area (Å²) in [5.41, 5.74) is 0. The molecule has 1 saturated heterocycles. The van der Waals surface area contributed by atoms with Gasteiger partial charge in [-0.05, 0) is 50.4 Å². The van der Waals surface area contributed by atoms with Crippen LogP contribution >= 0.6 is 0 Å². The van der Waals surface area contributed by atoms with Crippen LogP contribution in [0.25, 0.3) is 0 Å². The molecule has 3 nitrogen and oxygen atoms in total. The number of carbonyl (C=O) groups excluding carboxylic acids is 1. The van der Waals surface area contributed by atoms with Crippen LogP contribution in [0.1, 0.15) is 38.5 Å². The molecule has 4 rings (SSSR count). The van der Waals surface area contributed by atoms with Gasteiger partial charge in [-0.25, -0.2) is 0 Å². The van der Waals surface area contributed by atoms with E-state index < -0.39 is 0 Å². The van der Waals surface area contributed by atoms with E-state index in [4.69, 9.17) is 0 Å². The van der Waals surface area contributed by atoms with Gasteiger partial charge in [0.05, 0.1) is 0 Å². The number of hydrogen-bond donors (Lipinski definition) is 1. The molecule has 3 aliphatic carbocycles. The van der Waals surface area contributed by atoms with Crippen molar-refractivity contribution in [3.8, 4) is 0 Å². The molecule has 4 aliphatic rings. The van der Waals surface area contributed by atoms with Crippen LogP contribution in [0.4, 0.5) is 0 Å². The van der Waals surface area contributed by atoms with Gasteiger partial charge >= 0.3 is 0 Å². The van der Waals surface area contributed by atoms with E-state index in [0.717, 1.165) is 24.4 Å². The predicted octanol–water partition coefficient (Wildman–Crippen LogP) is 1.39. The van der Waals surface area contributed by atoms with Crippen molar-refractivity contribution in [2.75, 3.05) is 13.1 Å². The average molecular weight is 234 g/mol. The first kappa shape index (κ1) is 10.4. The van der Waals surface area contributed by atoms with Crippen molar-refractivity contribution in [1.82, 2.24) is 10.2 Å². The van der Waals surface area contributed by atoms with Crippen molar-refractivity contribution < 1.29 is 4.79 Å². The lowest BCUT2D eigenvalue weighted by molar-refractivity contribution is -0.125. The highest BCUT2D eigenvalue weighted by Gasteiger charge is 2.48. The lowest BCUT2D eigenvalue weighted by Crippen LogP contribution is -2.40. The lowest BCUT2D eigenvalue weighted by Gasteiger charge is -2.18. The fraction of sp³-hybridized carbons (Fsp3) is 0.929. The molecule has 17 heavy (non-hydrogen) atoms. The standard InChI is InChI=1S/C14H22N2O/c17-14(11-6-9-5-10(9)7-11)15-12-3-4-16(8-12)13-1-2-13/h9-13H,1-8H2,(H,15,17). The molecule has 0 spiro atoms. The Labute approximate surface area is 103 Å². The number of nitrogens with zero attached hydrogens (tertiary/aromatic N) is 1. The molecule has 1 aliphatic heterocycles. The molecule has 3 heteroatoms. The van der Waals surface area contributed by atoms with Crippen molar-refractivity contribution in [3.63, 3.8) is 0 Å². The van der Waals surface area contributed by atoms with Crippen LogP contribution < -0.4 is 5.32 Å². The summed E-state index contributed by atoms with van der Waals surface area (Å²) in [6.45, 7) is 2.31. The minimum atomic E-state index is 0.355. The molecule has 0 aromatic heterocycles. The molecule has 3 atom stereocenters. The van der Waals surface area contributed by atoms with Gasteiger partial charge in [0.15, 0.2) is 0 Å². The maximum Gasteiger partial charge on any atom is 0.223 e. The molecule has 0 radical (unpaired) electrons. The van der Waals surface area contributed by atoms with Crippen molar-refractivity contribution in [2.24, 2.45) is 17.8 Å². The Kier molecular flexibility index (Phi) is 2.26. The van der Waals surface area contributed by atoms with Gasteiger partial charge in [0.2, 0.25) is 5.91 Å². The molecular formula is C14H22N2O. The van der Waals surface area contributed by atoms with Crippen LogP contribution in [0, 0.1) is 17.8 Å². The van der Waals surface area contributed by atoms with E-state index in [-0.39, 0.29) is 0 Å². The van der Waals surface area contributed by atoms with Gasteiger partial charge in [-0.15, -0.1) is 0 Å². The molecule has 1 amide bonds. The Morgan fingerprint density at radius 3 is 2.53 bits per heavy atom. The fourth-order valence-corrected chi connectivity index (χ4v) is 3.92. The predicted molar refractivity (Wildman–Crippen MR) is 65.5 cm³/mol. The third-order valence-corrected chi connectivity index (χ3v) is 5.24. The third kappa shape index (κ3) is 1.99. The second-order valence-electron chi connectivity index (χ2n) is 6.64. The quantitative estimate of drug-likeness (QED) is 0.800. The Hall–Kier alpha value is -0.570. The fourth-order valence-electron chi connectivity index (χ4n) is 3.92. The minimum absolute atomic E-state index is 0.355. The zero-order valence-corrected chi connectivity index (χ0v) is 10.4. The molecule has 1 N–H and O–H groups in total. The topological polar surface area (TPSA) is 32.3 Å².